The largest absolute Gasteiger partial charge is 0.477 e. The maximum atomic E-state index is 13.2. The number of nitrogens with one attached hydrogen (secondary N) is 1. The molecule has 0 aliphatic rings. The molecule has 3 rings (SSSR count). The van der Waals surface area contributed by atoms with Gasteiger partial charge < -0.3 is 10.1 Å². The normalized spacial score (nSPS) is 13.7. The summed E-state index contributed by atoms with van der Waals surface area (Å²) in [4.78, 5) is 15.5. The summed E-state index contributed by atoms with van der Waals surface area (Å²) < 4.78 is 25.3. The SMILES string of the molecule is CCCCc1ccc(CC(CCc2ccc(C(=O)O)s2)(c2ccc[nH]2)S(C)(=O)=O)cc1. The Morgan fingerprint density at radius 2 is 1.77 bits per heavy atom. The lowest BCUT2D eigenvalue weighted by Crippen LogP contribution is -2.38. The average Bonchev–Trinajstić information content (AvgIpc) is 3.42. The molecule has 0 saturated heterocycles. The number of aryl methyl sites for hydroxylation is 2. The minimum atomic E-state index is -3.49. The van der Waals surface area contributed by atoms with Crippen LogP contribution >= 0.6 is 11.3 Å². The fourth-order valence-corrected chi connectivity index (χ4v) is 6.21. The van der Waals surface area contributed by atoms with Crippen molar-refractivity contribution in [2.45, 2.75) is 50.2 Å². The maximum absolute atomic E-state index is 13.2. The average molecular weight is 460 g/mol. The van der Waals surface area contributed by atoms with Gasteiger partial charge in [0.2, 0.25) is 0 Å². The molecular formula is C24H29NO4S2. The number of hydrogen-bond acceptors (Lipinski definition) is 4. The summed E-state index contributed by atoms with van der Waals surface area (Å²) in [5.41, 5.74) is 2.90. The van der Waals surface area contributed by atoms with Crippen LogP contribution in [0.4, 0.5) is 0 Å². The summed E-state index contributed by atoms with van der Waals surface area (Å²) in [6, 6.07) is 15.2. The van der Waals surface area contributed by atoms with E-state index in [-0.39, 0.29) is 4.88 Å². The van der Waals surface area contributed by atoms with E-state index in [0.717, 1.165) is 29.7 Å². The third-order valence-corrected chi connectivity index (χ3v) is 8.90. The summed E-state index contributed by atoms with van der Waals surface area (Å²) >= 11 is 1.20. The monoisotopic (exact) mass is 459 g/mol. The second-order valence-electron chi connectivity index (χ2n) is 8.02. The van der Waals surface area contributed by atoms with E-state index >= 15 is 0 Å². The lowest BCUT2D eigenvalue weighted by Gasteiger charge is -2.32. The van der Waals surface area contributed by atoms with E-state index in [9.17, 15) is 18.3 Å². The van der Waals surface area contributed by atoms with E-state index in [1.165, 1.54) is 23.2 Å². The Labute approximate surface area is 188 Å². The highest BCUT2D eigenvalue weighted by Crippen LogP contribution is 2.38. The van der Waals surface area contributed by atoms with Gasteiger partial charge in [-0.25, -0.2) is 13.2 Å². The van der Waals surface area contributed by atoms with Gasteiger partial charge in [0.15, 0.2) is 9.84 Å². The van der Waals surface area contributed by atoms with Crippen molar-refractivity contribution in [3.05, 3.63) is 81.3 Å². The highest BCUT2D eigenvalue weighted by atomic mass is 32.2. The zero-order valence-corrected chi connectivity index (χ0v) is 19.6. The van der Waals surface area contributed by atoms with Crippen molar-refractivity contribution in [3.63, 3.8) is 0 Å². The minimum absolute atomic E-state index is 0.266. The third kappa shape index (κ3) is 5.46. The summed E-state index contributed by atoms with van der Waals surface area (Å²) in [6.07, 6.45) is 7.54. The van der Waals surface area contributed by atoms with Crippen LogP contribution in [0.25, 0.3) is 0 Å². The fraction of sp³-hybridized carbons (Fsp3) is 0.375. The lowest BCUT2D eigenvalue weighted by molar-refractivity contribution is 0.0702. The molecule has 166 valence electrons. The molecular weight excluding hydrogens is 430 g/mol. The second-order valence-corrected chi connectivity index (χ2v) is 11.5. The van der Waals surface area contributed by atoms with Crippen molar-refractivity contribution >= 4 is 27.1 Å². The molecule has 0 saturated carbocycles. The van der Waals surface area contributed by atoms with Crippen molar-refractivity contribution in [1.82, 2.24) is 4.98 Å². The predicted octanol–water partition coefficient (Wildman–Crippen LogP) is 5.23. The van der Waals surface area contributed by atoms with Crippen LogP contribution < -0.4 is 0 Å². The number of carboxylic acid groups (broad SMARTS) is 1. The van der Waals surface area contributed by atoms with Gasteiger partial charge in [0.25, 0.3) is 0 Å². The molecule has 0 fully saturated rings. The van der Waals surface area contributed by atoms with Gasteiger partial charge in [0, 0.05) is 23.0 Å². The fourth-order valence-electron chi connectivity index (χ4n) is 3.93. The highest BCUT2D eigenvalue weighted by molar-refractivity contribution is 7.91. The standard InChI is InChI=1S/C24H29NO4S2/c1-3-4-6-18-8-10-19(11-9-18)17-24(31(2,28)29,22-7-5-16-25-22)15-14-20-12-13-21(30-20)23(26)27/h5,7-13,16,25H,3-4,6,14-15,17H2,1-2H3,(H,26,27). The van der Waals surface area contributed by atoms with Crippen LogP contribution in [0.1, 0.15) is 57.6 Å². The number of benzene rings is 1. The van der Waals surface area contributed by atoms with Crippen molar-refractivity contribution < 1.29 is 18.3 Å². The Morgan fingerprint density at radius 1 is 1.06 bits per heavy atom. The Balaban J connectivity index is 1.92. The first-order chi connectivity index (χ1) is 14.7. The summed E-state index contributed by atoms with van der Waals surface area (Å²) in [5, 5.41) is 9.19. The van der Waals surface area contributed by atoms with E-state index in [1.54, 1.807) is 18.3 Å². The topological polar surface area (TPSA) is 87.2 Å². The number of thiophene rings is 1. The van der Waals surface area contributed by atoms with Gasteiger partial charge in [-0.1, -0.05) is 37.6 Å². The molecule has 2 heterocycles. The molecule has 1 unspecified atom stereocenters. The molecule has 31 heavy (non-hydrogen) atoms. The maximum Gasteiger partial charge on any atom is 0.345 e. The number of carboxylic acids is 1. The van der Waals surface area contributed by atoms with Gasteiger partial charge in [-0.3, -0.25) is 0 Å². The highest BCUT2D eigenvalue weighted by Gasteiger charge is 2.43. The Hall–Kier alpha value is -2.38. The van der Waals surface area contributed by atoms with Crippen molar-refractivity contribution in [2.75, 3.05) is 6.26 Å². The molecule has 0 aliphatic heterocycles. The Morgan fingerprint density at radius 3 is 2.32 bits per heavy atom. The smallest absolute Gasteiger partial charge is 0.345 e. The van der Waals surface area contributed by atoms with Gasteiger partial charge in [-0.05, 0) is 67.5 Å². The van der Waals surface area contributed by atoms with Crippen LogP contribution in [0.15, 0.2) is 54.7 Å². The number of aromatic amines is 1. The molecule has 1 atom stereocenters. The van der Waals surface area contributed by atoms with Crippen LogP contribution in [-0.4, -0.2) is 30.7 Å². The zero-order chi connectivity index (χ0) is 22.5. The van der Waals surface area contributed by atoms with Crippen LogP contribution in [0.5, 0.6) is 0 Å². The Kier molecular flexibility index (Phi) is 7.38. The van der Waals surface area contributed by atoms with Gasteiger partial charge >= 0.3 is 5.97 Å². The number of hydrogen-bond donors (Lipinski definition) is 2. The number of unbranched alkanes of at least 4 members (excludes halogenated alkanes) is 1. The van der Waals surface area contributed by atoms with Crippen LogP contribution in [-0.2, 0) is 33.8 Å². The summed E-state index contributed by atoms with van der Waals surface area (Å²) in [7, 11) is -3.49. The molecule has 0 spiro atoms. The number of rotatable bonds is 11. The van der Waals surface area contributed by atoms with Gasteiger partial charge in [-0.2, -0.15) is 0 Å². The molecule has 2 aromatic heterocycles. The molecule has 1 aromatic carbocycles. The van der Waals surface area contributed by atoms with Gasteiger partial charge in [-0.15, -0.1) is 11.3 Å². The minimum Gasteiger partial charge on any atom is -0.477 e. The second kappa shape index (κ2) is 9.83. The number of H-pyrrole nitrogens is 1. The molecule has 2 N–H and O–H groups in total. The van der Waals surface area contributed by atoms with Crippen molar-refractivity contribution in [3.8, 4) is 0 Å². The zero-order valence-electron chi connectivity index (χ0n) is 17.9. The van der Waals surface area contributed by atoms with E-state index in [4.69, 9.17) is 0 Å². The van der Waals surface area contributed by atoms with Crippen LogP contribution in [0, 0.1) is 0 Å². The molecule has 3 aromatic rings. The van der Waals surface area contributed by atoms with Crippen molar-refractivity contribution in [2.24, 2.45) is 0 Å². The first-order valence-corrected chi connectivity index (χ1v) is 13.2. The summed E-state index contributed by atoms with van der Waals surface area (Å²) in [5.74, 6) is -0.960. The Bertz CT molecular complexity index is 1100. The number of carbonyl (C=O) groups is 1. The molecule has 0 amide bonds. The molecule has 0 aliphatic carbocycles. The first-order valence-electron chi connectivity index (χ1n) is 10.5. The number of sulfone groups is 1. The van der Waals surface area contributed by atoms with Gasteiger partial charge in [0.1, 0.15) is 9.62 Å². The van der Waals surface area contributed by atoms with E-state index in [2.05, 4.69) is 24.0 Å². The molecule has 7 heteroatoms. The number of aromatic nitrogens is 1. The molecule has 5 nitrogen and oxygen atoms in total. The van der Waals surface area contributed by atoms with Crippen LogP contribution in [0.3, 0.4) is 0 Å². The van der Waals surface area contributed by atoms with E-state index in [1.807, 2.05) is 24.3 Å². The van der Waals surface area contributed by atoms with Crippen LogP contribution in [0.2, 0.25) is 0 Å². The predicted molar refractivity (Wildman–Crippen MR) is 126 cm³/mol. The summed E-state index contributed by atoms with van der Waals surface area (Å²) in [6.45, 7) is 2.16. The van der Waals surface area contributed by atoms with E-state index in [0.29, 0.717) is 25.0 Å². The van der Waals surface area contributed by atoms with Crippen molar-refractivity contribution in [1.29, 1.82) is 0 Å². The molecule has 0 bridgehead atoms. The van der Waals surface area contributed by atoms with E-state index < -0.39 is 20.6 Å². The van der Waals surface area contributed by atoms with Gasteiger partial charge in [0.05, 0.1) is 0 Å². The number of aromatic carboxylic acids is 1. The lowest BCUT2D eigenvalue weighted by atomic mass is 9.90. The third-order valence-electron chi connectivity index (χ3n) is 5.78. The first kappa shape index (κ1) is 23.3. The molecule has 0 radical (unpaired) electrons. The quantitative estimate of drug-likeness (QED) is 0.411.